The highest BCUT2D eigenvalue weighted by atomic mass is 16.5. The molecule has 2 aromatic carbocycles. The molecule has 0 amide bonds. The molecule has 0 heterocycles. The molecule has 2 rings (SSSR count). The van der Waals surface area contributed by atoms with Gasteiger partial charge in [-0.15, -0.1) is 0 Å². The van der Waals surface area contributed by atoms with E-state index in [4.69, 9.17) is 9.47 Å². The van der Waals surface area contributed by atoms with Crippen LogP contribution < -0.4 is 0 Å². The largest absolute Gasteiger partial charge is 0.385 e. The van der Waals surface area contributed by atoms with Crippen molar-refractivity contribution >= 4 is 0 Å². The Morgan fingerprint density at radius 2 is 1.38 bits per heavy atom. The lowest BCUT2D eigenvalue weighted by molar-refractivity contribution is -0.156. The fourth-order valence-electron chi connectivity index (χ4n) is 2.88. The maximum Gasteiger partial charge on any atom is 0.111 e. The minimum atomic E-state index is -1.04. The number of benzene rings is 2. The van der Waals surface area contributed by atoms with Crippen LogP contribution in [-0.2, 0) is 22.7 Å². The zero-order chi connectivity index (χ0) is 17.4. The summed E-state index contributed by atoms with van der Waals surface area (Å²) in [7, 11) is 0. The smallest absolute Gasteiger partial charge is 0.111 e. The molecule has 0 aliphatic heterocycles. The van der Waals surface area contributed by atoms with Gasteiger partial charge in [-0.25, -0.2) is 0 Å². The Morgan fingerprint density at radius 3 is 1.88 bits per heavy atom. The van der Waals surface area contributed by atoms with Crippen LogP contribution >= 0.6 is 0 Å². The van der Waals surface area contributed by atoms with Gasteiger partial charge in [-0.3, -0.25) is 0 Å². The lowest BCUT2D eigenvalue weighted by Crippen LogP contribution is -2.48. The monoisotopic (exact) mass is 328 g/mol. The molecule has 0 aliphatic carbocycles. The van der Waals surface area contributed by atoms with Crippen molar-refractivity contribution in [2.75, 3.05) is 6.61 Å². The number of rotatable bonds is 9. The molecule has 2 aromatic rings. The molecule has 3 heteroatoms. The molecular formula is C21H28O3. The molecule has 0 radical (unpaired) electrons. The number of aliphatic hydroxyl groups is 1. The summed E-state index contributed by atoms with van der Waals surface area (Å²) in [5, 5.41) is 10.9. The van der Waals surface area contributed by atoms with Gasteiger partial charge in [0.1, 0.15) is 5.60 Å². The van der Waals surface area contributed by atoms with Gasteiger partial charge in [-0.1, -0.05) is 74.5 Å². The van der Waals surface area contributed by atoms with E-state index < -0.39 is 5.60 Å². The Kier molecular flexibility index (Phi) is 6.98. The third kappa shape index (κ3) is 5.75. The summed E-state index contributed by atoms with van der Waals surface area (Å²) in [6.07, 6.45) is -0.298. The average molecular weight is 328 g/mol. The van der Waals surface area contributed by atoms with E-state index in [0.29, 0.717) is 13.2 Å². The summed E-state index contributed by atoms with van der Waals surface area (Å²) in [5.41, 5.74) is 1.15. The van der Waals surface area contributed by atoms with Crippen LogP contribution in [0, 0.1) is 5.92 Å². The van der Waals surface area contributed by atoms with Crippen LogP contribution in [0.2, 0.25) is 0 Å². The van der Waals surface area contributed by atoms with Gasteiger partial charge in [-0.2, -0.15) is 0 Å². The first kappa shape index (κ1) is 18.7. The van der Waals surface area contributed by atoms with Crippen LogP contribution in [0.5, 0.6) is 0 Å². The third-order valence-electron chi connectivity index (χ3n) is 4.00. The van der Waals surface area contributed by atoms with Gasteiger partial charge >= 0.3 is 0 Å². The minimum Gasteiger partial charge on any atom is -0.385 e. The fraction of sp³-hybridized carbons (Fsp3) is 0.429. The van der Waals surface area contributed by atoms with E-state index in [1.54, 1.807) is 6.92 Å². The lowest BCUT2D eigenvalue weighted by atomic mass is 9.91. The summed E-state index contributed by atoms with van der Waals surface area (Å²) in [6, 6.07) is 20.0. The van der Waals surface area contributed by atoms with Crippen LogP contribution in [0.15, 0.2) is 60.7 Å². The van der Waals surface area contributed by atoms with Gasteiger partial charge in [0.05, 0.1) is 25.9 Å². The summed E-state index contributed by atoms with van der Waals surface area (Å²) >= 11 is 0. The Morgan fingerprint density at radius 1 is 0.875 bits per heavy atom. The second kappa shape index (κ2) is 8.97. The Labute approximate surface area is 145 Å². The van der Waals surface area contributed by atoms with Gasteiger partial charge in [0.2, 0.25) is 0 Å². The van der Waals surface area contributed by atoms with Crippen molar-refractivity contribution in [1.82, 2.24) is 0 Å². The Bertz CT molecular complexity index is 579. The summed E-state index contributed by atoms with van der Waals surface area (Å²) < 4.78 is 11.8. The van der Waals surface area contributed by atoms with Crippen LogP contribution in [0.3, 0.4) is 0 Å². The molecule has 130 valence electrons. The molecule has 0 bridgehead atoms. The molecule has 0 spiro atoms. The minimum absolute atomic E-state index is 0.184. The van der Waals surface area contributed by atoms with Crippen LogP contribution in [0.1, 0.15) is 31.9 Å². The molecule has 3 nitrogen and oxygen atoms in total. The van der Waals surface area contributed by atoms with E-state index in [2.05, 4.69) is 13.8 Å². The second-order valence-electron chi connectivity index (χ2n) is 6.80. The molecular weight excluding hydrogens is 300 g/mol. The summed E-state index contributed by atoms with van der Waals surface area (Å²) in [6.45, 7) is 7.11. The molecule has 1 N–H and O–H groups in total. The SMILES string of the molecule is CC(C)[C@@H](OCc1ccccc1)C(C)(O)COCc1ccccc1. The third-order valence-corrected chi connectivity index (χ3v) is 4.00. The fourth-order valence-corrected chi connectivity index (χ4v) is 2.88. The highest BCUT2D eigenvalue weighted by Gasteiger charge is 2.35. The standard InChI is InChI=1S/C21H28O3/c1-17(2)20(24-15-19-12-8-5-9-13-19)21(3,22)16-23-14-18-10-6-4-7-11-18/h4-13,17,20,22H,14-16H2,1-3H3/t20-,21?/m1/s1. The molecule has 0 aromatic heterocycles. The molecule has 0 saturated carbocycles. The van der Waals surface area contributed by atoms with Crippen molar-refractivity contribution in [3.05, 3.63) is 71.8 Å². The van der Waals surface area contributed by atoms with Gasteiger partial charge in [0.25, 0.3) is 0 Å². The van der Waals surface area contributed by atoms with E-state index in [9.17, 15) is 5.11 Å². The summed E-state index contributed by atoms with van der Waals surface area (Å²) in [4.78, 5) is 0. The van der Waals surface area contributed by atoms with E-state index in [-0.39, 0.29) is 18.6 Å². The van der Waals surface area contributed by atoms with Crippen LogP contribution in [0.4, 0.5) is 0 Å². The van der Waals surface area contributed by atoms with Crippen molar-refractivity contribution in [2.24, 2.45) is 5.92 Å². The van der Waals surface area contributed by atoms with E-state index >= 15 is 0 Å². The Hall–Kier alpha value is -1.68. The first-order chi connectivity index (χ1) is 11.5. The first-order valence-corrected chi connectivity index (χ1v) is 8.48. The van der Waals surface area contributed by atoms with E-state index in [0.717, 1.165) is 11.1 Å². The highest BCUT2D eigenvalue weighted by molar-refractivity contribution is 5.14. The van der Waals surface area contributed by atoms with Crippen molar-refractivity contribution < 1.29 is 14.6 Å². The topological polar surface area (TPSA) is 38.7 Å². The zero-order valence-electron chi connectivity index (χ0n) is 14.8. The van der Waals surface area contributed by atoms with Crippen molar-refractivity contribution in [1.29, 1.82) is 0 Å². The quantitative estimate of drug-likeness (QED) is 0.750. The average Bonchev–Trinajstić information content (AvgIpc) is 2.56. The van der Waals surface area contributed by atoms with Gasteiger partial charge in [0.15, 0.2) is 0 Å². The van der Waals surface area contributed by atoms with E-state index in [1.165, 1.54) is 0 Å². The van der Waals surface area contributed by atoms with Gasteiger partial charge < -0.3 is 14.6 Å². The Balaban J connectivity index is 1.89. The van der Waals surface area contributed by atoms with Crippen LogP contribution in [0.25, 0.3) is 0 Å². The van der Waals surface area contributed by atoms with Crippen molar-refractivity contribution in [3.63, 3.8) is 0 Å². The predicted octanol–water partition coefficient (Wildman–Crippen LogP) is 4.20. The zero-order valence-corrected chi connectivity index (χ0v) is 14.8. The molecule has 1 unspecified atom stereocenters. The second-order valence-corrected chi connectivity index (χ2v) is 6.80. The lowest BCUT2D eigenvalue weighted by Gasteiger charge is -2.35. The summed E-state index contributed by atoms with van der Waals surface area (Å²) in [5.74, 6) is 0.184. The normalized spacial score (nSPS) is 15.2. The van der Waals surface area contributed by atoms with Crippen molar-refractivity contribution in [2.45, 2.75) is 45.7 Å². The first-order valence-electron chi connectivity index (χ1n) is 8.48. The molecule has 0 aliphatic rings. The van der Waals surface area contributed by atoms with Crippen molar-refractivity contribution in [3.8, 4) is 0 Å². The van der Waals surface area contributed by atoms with Gasteiger partial charge in [-0.05, 0) is 24.0 Å². The molecule has 24 heavy (non-hydrogen) atoms. The highest BCUT2D eigenvalue weighted by Crippen LogP contribution is 2.23. The molecule has 0 fully saturated rings. The number of hydrogen-bond donors (Lipinski definition) is 1. The number of ether oxygens (including phenoxy) is 2. The maximum absolute atomic E-state index is 10.9. The predicted molar refractivity (Wildman–Crippen MR) is 96.6 cm³/mol. The van der Waals surface area contributed by atoms with E-state index in [1.807, 2.05) is 60.7 Å². The molecule has 2 atom stereocenters. The maximum atomic E-state index is 10.9. The van der Waals surface area contributed by atoms with Crippen LogP contribution in [-0.4, -0.2) is 23.4 Å². The van der Waals surface area contributed by atoms with Gasteiger partial charge in [0, 0.05) is 0 Å². The molecule has 0 saturated heterocycles. The number of hydrogen-bond acceptors (Lipinski definition) is 3.